The second-order valence-corrected chi connectivity index (χ2v) is 8.21. The highest BCUT2D eigenvalue weighted by molar-refractivity contribution is 6.05. The minimum atomic E-state index is -0.294. The molecular weight excluding hydrogens is 388 g/mol. The summed E-state index contributed by atoms with van der Waals surface area (Å²) in [5.41, 5.74) is 2.88. The van der Waals surface area contributed by atoms with Crippen LogP contribution in [0.15, 0.2) is 77.9 Å². The van der Waals surface area contributed by atoms with Crippen LogP contribution in [0.3, 0.4) is 0 Å². The normalized spacial score (nSPS) is 18.5. The number of esters is 1. The molecule has 0 aromatic heterocycles. The van der Waals surface area contributed by atoms with Crippen molar-refractivity contribution in [1.29, 1.82) is 0 Å². The van der Waals surface area contributed by atoms with Crippen molar-refractivity contribution in [2.45, 2.75) is 31.7 Å². The molecule has 5 nitrogen and oxygen atoms in total. The summed E-state index contributed by atoms with van der Waals surface area (Å²) in [6, 6.07) is 24.1. The van der Waals surface area contributed by atoms with Crippen molar-refractivity contribution in [2.75, 3.05) is 6.61 Å². The Balaban J connectivity index is 1.40. The monoisotopic (exact) mass is 412 g/mol. The van der Waals surface area contributed by atoms with Crippen LogP contribution in [0.5, 0.6) is 0 Å². The van der Waals surface area contributed by atoms with Crippen molar-refractivity contribution >= 4 is 28.4 Å². The lowest BCUT2D eigenvalue weighted by Gasteiger charge is -2.25. The van der Waals surface area contributed by atoms with E-state index >= 15 is 0 Å². The summed E-state index contributed by atoms with van der Waals surface area (Å²) in [6.07, 6.45) is 3.38. The minimum absolute atomic E-state index is 0.0482. The Kier molecular flexibility index (Phi) is 5.24. The summed E-state index contributed by atoms with van der Waals surface area (Å²) in [7, 11) is 0. The van der Waals surface area contributed by atoms with E-state index in [-0.39, 0.29) is 30.4 Å². The van der Waals surface area contributed by atoms with Crippen LogP contribution < -0.4 is 0 Å². The molecule has 3 aromatic rings. The van der Waals surface area contributed by atoms with E-state index < -0.39 is 0 Å². The molecule has 0 spiro atoms. The maximum absolute atomic E-state index is 13.0. The van der Waals surface area contributed by atoms with Gasteiger partial charge in [-0.25, -0.2) is 5.01 Å². The number of carbonyl (C=O) groups excluding carboxylic acids is 2. The quantitative estimate of drug-likeness (QED) is 0.562. The van der Waals surface area contributed by atoms with Gasteiger partial charge in [0, 0.05) is 6.42 Å². The predicted molar refractivity (Wildman–Crippen MR) is 119 cm³/mol. The number of hydrazone groups is 1. The van der Waals surface area contributed by atoms with Gasteiger partial charge in [0.15, 0.2) is 6.61 Å². The first-order valence-electron chi connectivity index (χ1n) is 10.8. The zero-order chi connectivity index (χ0) is 21.2. The van der Waals surface area contributed by atoms with Gasteiger partial charge in [-0.05, 0) is 40.8 Å². The molecule has 31 heavy (non-hydrogen) atoms. The number of ether oxygens (including phenoxy) is 1. The zero-order valence-electron chi connectivity index (χ0n) is 17.2. The van der Waals surface area contributed by atoms with Crippen LogP contribution >= 0.6 is 0 Å². The molecule has 1 aliphatic heterocycles. The minimum Gasteiger partial charge on any atom is -0.455 e. The number of benzene rings is 3. The average molecular weight is 412 g/mol. The standard InChI is InChI=1S/C26H24N2O3/c29-25(17-31-26(30)20-11-6-12-20)28-24(19-8-2-1-3-9-19)16-23(27-28)22-14-13-18-7-4-5-10-21(18)15-22/h1-5,7-10,13-15,20,24H,6,11-12,16-17H2/t24-/m1/s1. The Morgan fingerprint density at radius 2 is 1.68 bits per heavy atom. The van der Waals surface area contributed by atoms with Crippen molar-refractivity contribution in [3.63, 3.8) is 0 Å². The molecule has 3 aromatic carbocycles. The van der Waals surface area contributed by atoms with Crippen molar-refractivity contribution in [1.82, 2.24) is 5.01 Å². The van der Waals surface area contributed by atoms with Gasteiger partial charge in [0.25, 0.3) is 5.91 Å². The highest BCUT2D eigenvalue weighted by Gasteiger charge is 2.34. The fourth-order valence-corrected chi connectivity index (χ4v) is 4.18. The Labute approximate surface area is 181 Å². The molecule has 1 saturated carbocycles. The third kappa shape index (κ3) is 3.96. The van der Waals surface area contributed by atoms with E-state index in [4.69, 9.17) is 4.74 Å². The van der Waals surface area contributed by atoms with E-state index in [0.29, 0.717) is 6.42 Å². The fraction of sp³-hybridized carbons (Fsp3) is 0.269. The van der Waals surface area contributed by atoms with Gasteiger partial charge >= 0.3 is 5.97 Å². The Bertz CT molecular complexity index is 1150. The summed E-state index contributed by atoms with van der Waals surface area (Å²) >= 11 is 0. The highest BCUT2D eigenvalue weighted by Crippen LogP contribution is 2.33. The molecule has 5 rings (SSSR count). The van der Waals surface area contributed by atoms with Crippen LogP contribution in [0.4, 0.5) is 0 Å². The first-order chi connectivity index (χ1) is 15.2. The Hall–Kier alpha value is -3.47. The fourth-order valence-electron chi connectivity index (χ4n) is 4.18. The maximum Gasteiger partial charge on any atom is 0.309 e. The predicted octanol–water partition coefficient (Wildman–Crippen LogP) is 4.86. The van der Waals surface area contributed by atoms with Crippen LogP contribution in [0.25, 0.3) is 10.8 Å². The zero-order valence-corrected chi connectivity index (χ0v) is 17.2. The number of hydrogen-bond acceptors (Lipinski definition) is 4. The van der Waals surface area contributed by atoms with Crippen LogP contribution in [-0.4, -0.2) is 29.2 Å². The molecule has 0 saturated heterocycles. The van der Waals surface area contributed by atoms with E-state index in [2.05, 4.69) is 29.4 Å². The third-order valence-electron chi connectivity index (χ3n) is 6.21. The lowest BCUT2D eigenvalue weighted by atomic mass is 9.86. The van der Waals surface area contributed by atoms with Crippen molar-refractivity contribution in [3.8, 4) is 0 Å². The molecule has 156 valence electrons. The topological polar surface area (TPSA) is 59.0 Å². The maximum atomic E-state index is 13.0. The highest BCUT2D eigenvalue weighted by atomic mass is 16.5. The molecular formula is C26H24N2O3. The molecule has 0 radical (unpaired) electrons. The van der Waals surface area contributed by atoms with Gasteiger partial charge in [-0.1, -0.05) is 73.2 Å². The van der Waals surface area contributed by atoms with Crippen molar-refractivity contribution in [2.24, 2.45) is 11.0 Å². The lowest BCUT2D eigenvalue weighted by Crippen LogP contribution is -2.33. The van der Waals surface area contributed by atoms with Gasteiger partial charge in [-0.3, -0.25) is 9.59 Å². The average Bonchev–Trinajstić information content (AvgIpc) is 3.22. The van der Waals surface area contributed by atoms with E-state index in [9.17, 15) is 9.59 Å². The van der Waals surface area contributed by atoms with Gasteiger partial charge in [0.05, 0.1) is 17.7 Å². The molecule has 2 aliphatic rings. The molecule has 0 bridgehead atoms. The van der Waals surface area contributed by atoms with Gasteiger partial charge in [-0.15, -0.1) is 0 Å². The number of carbonyl (C=O) groups is 2. The first kappa shape index (κ1) is 19.5. The molecule has 5 heteroatoms. The molecule has 1 amide bonds. The van der Waals surface area contributed by atoms with Gasteiger partial charge in [0.2, 0.25) is 0 Å². The van der Waals surface area contributed by atoms with Gasteiger partial charge < -0.3 is 4.74 Å². The second-order valence-electron chi connectivity index (χ2n) is 8.21. The second kappa shape index (κ2) is 8.34. The summed E-state index contributed by atoms with van der Waals surface area (Å²) in [6.45, 7) is -0.271. The SMILES string of the molecule is O=C(OCC(=O)N1N=C(c2ccc3ccccc3c2)C[C@@H]1c1ccccc1)C1CCC1. The number of fused-ring (bicyclic) bond motifs is 1. The number of rotatable bonds is 5. The summed E-state index contributed by atoms with van der Waals surface area (Å²) in [5.74, 6) is -0.612. The molecule has 1 fully saturated rings. The van der Waals surface area contributed by atoms with Crippen LogP contribution in [0, 0.1) is 5.92 Å². The van der Waals surface area contributed by atoms with E-state index in [1.54, 1.807) is 0 Å². The van der Waals surface area contributed by atoms with Crippen LogP contribution in [0.2, 0.25) is 0 Å². The van der Waals surface area contributed by atoms with Crippen molar-refractivity contribution in [3.05, 3.63) is 83.9 Å². The Morgan fingerprint density at radius 3 is 2.42 bits per heavy atom. The molecule has 0 N–H and O–H groups in total. The van der Waals surface area contributed by atoms with Gasteiger partial charge in [-0.2, -0.15) is 5.10 Å². The number of amides is 1. The molecule has 1 heterocycles. The van der Waals surface area contributed by atoms with E-state index in [1.165, 1.54) is 10.4 Å². The largest absolute Gasteiger partial charge is 0.455 e. The number of hydrogen-bond donors (Lipinski definition) is 0. The van der Waals surface area contributed by atoms with Gasteiger partial charge in [0.1, 0.15) is 0 Å². The molecule has 0 unspecified atom stereocenters. The first-order valence-corrected chi connectivity index (χ1v) is 10.8. The molecule has 1 atom stereocenters. The van der Waals surface area contributed by atoms with E-state index in [1.807, 2.05) is 48.5 Å². The Morgan fingerprint density at radius 1 is 0.935 bits per heavy atom. The third-order valence-corrected chi connectivity index (χ3v) is 6.21. The lowest BCUT2D eigenvalue weighted by molar-refractivity contribution is -0.158. The van der Waals surface area contributed by atoms with Crippen LogP contribution in [0.1, 0.15) is 42.9 Å². The summed E-state index contributed by atoms with van der Waals surface area (Å²) in [4.78, 5) is 25.1. The molecule has 1 aliphatic carbocycles. The summed E-state index contributed by atoms with van der Waals surface area (Å²) in [5, 5.41) is 8.49. The van der Waals surface area contributed by atoms with Crippen LogP contribution in [-0.2, 0) is 14.3 Å². The summed E-state index contributed by atoms with van der Waals surface area (Å²) < 4.78 is 5.30. The number of nitrogens with zero attached hydrogens (tertiary/aromatic N) is 2. The smallest absolute Gasteiger partial charge is 0.309 e. The van der Waals surface area contributed by atoms with Crippen molar-refractivity contribution < 1.29 is 14.3 Å². The van der Waals surface area contributed by atoms with E-state index in [0.717, 1.165) is 41.5 Å².